The summed E-state index contributed by atoms with van der Waals surface area (Å²) in [5.41, 5.74) is 1.54. The van der Waals surface area contributed by atoms with Crippen molar-refractivity contribution >= 4 is 16.8 Å². The highest BCUT2D eigenvalue weighted by Crippen LogP contribution is 2.13. The highest BCUT2D eigenvalue weighted by Gasteiger charge is 2.05. The Morgan fingerprint density at radius 3 is 3.11 bits per heavy atom. The predicted octanol–water partition coefficient (Wildman–Crippen LogP) is 2.38. The number of nitrogens with zero attached hydrogens (tertiary/aromatic N) is 1. The van der Waals surface area contributed by atoms with E-state index in [2.05, 4.69) is 16.2 Å². The number of benzene rings is 1. The third-order valence-corrected chi connectivity index (χ3v) is 2.65. The lowest BCUT2D eigenvalue weighted by Gasteiger charge is -2.05. The number of amides is 1. The van der Waals surface area contributed by atoms with Gasteiger partial charge in [0, 0.05) is 30.1 Å². The van der Waals surface area contributed by atoms with Gasteiger partial charge in [-0.2, -0.15) is 0 Å². The molecule has 1 aromatic heterocycles. The number of carbonyl (C=O) groups is 1. The first-order valence-corrected chi connectivity index (χ1v) is 5.88. The van der Waals surface area contributed by atoms with Crippen LogP contribution in [0.4, 0.5) is 0 Å². The fourth-order valence-corrected chi connectivity index (χ4v) is 1.71. The van der Waals surface area contributed by atoms with Gasteiger partial charge in [0.25, 0.3) is 5.91 Å². The van der Waals surface area contributed by atoms with Crippen LogP contribution in [0.1, 0.15) is 23.2 Å². The summed E-state index contributed by atoms with van der Waals surface area (Å²) in [6, 6.07) is 9.28. The fraction of sp³-hybridized carbons (Fsp3) is 0.200. The van der Waals surface area contributed by atoms with Gasteiger partial charge >= 0.3 is 0 Å². The second-order valence-electron chi connectivity index (χ2n) is 3.97. The third-order valence-electron chi connectivity index (χ3n) is 2.65. The average molecular weight is 238 g/mol. The highest BCUT2D eigenvalue weighted by atomic mass is 16.1. The summed E-state index contributed by atoms with van der Waals surface area (Å²) in [6.07, 6.45) is 8.37. The van der Waals surface area contributed by atoms with Crippen LogP contribution in [0.3, 0.4) is 0 Å². The molecular weight excluding hydrogens is 224 g/mol. The molecule has 0 bridgehead atoms. The Bertz CT molecular complexity index is 599. The molecule has 0 aliphatic heterocycles. The molecule has 0 saturated heterocycles. The molecule has 90 valence electrons. The zero-order valence-electron chi connectivity index (χ0n) is 10.0. The van der Waals surface area contributed by atoms with E-state index in [-0.39, 0.29) is 5.91 Å². The number of pyridine rings is 1. The highest BCUT2D eigenvalue weighted by molar-refractivity contribution is 5.97. The summed E-state index contributed by atoms with van der Waals surface area (Å²) in [7, 11) is 0. The van der Waals surface area contributed by atoms with Crippen molar-refractivity contribution in [3.05, 3.63) is 42.1 Å². The first-order chi connectivity index (χ1) is 8.81. The topological polar surface area (TPSA) is 42.0 Å². The normalized spacial score (nSPS) is 9.94. The van der Waals surface area contributed by atoms with Crippen molar-refractivity contribution in [1.82, 2.24) is 10.3 Å². The van der Waals surface area contributed by atoms with E-state index < -0.39 is 0 Å². The molecular formula is C15H14N2O. The van der Waals surface area contributed by atoms with Crippen LogP contribution < -0.4 is 5.32 Å². The number of terminal acetylenes is 1. The molecule has 0 radical (unpaired) electrons. The Kier molecular flexibility index (Phi) is 3.93. The number of fused-ring (bicyclic) bond motifs is 1. The molecule has 0 saturated carbocycles. The fourth-order valence-electron chi connectivity index (χ4n) is 1.71. The first-order valence-electron chi connectivity index (χ1n) is 5.88. The molecule has 0 fully saturated rings. The van der Waals surface area contributed by atoms with Crippen molar-refractivity contribution in [1.29, 1.82) is 0 Å². The molecule has 1 heterocycles. The molecule has 3 heteroatoms. The van der Waals surface area contributed by atoms with E-state index in [9.17, 15) is 4.79 Å². The van der Waals surface area contributed by atoms with Crippen molar-refractivity contribution in [3.63, 3.8) is 0 Å². The zero-order chi connectivity index (χ0) is 12.8. The summed E-state index contributed by atoms with van der Waals surface area (Å²) >= 11 is 0. The summed E-state index contributed by atoms with van der Waals surface area (Å²) < 4.78 is 0. The number of rotatable bonds is 4. The van der Waals surface area contributed by atoms with E-state index in [1.54, 1.807) is 12.3 Å². The van der Waals surface area contributed by atoms with E-state index in [1.807, 2.05) is 24.3 Å². The Labute approximate surface area is 106 Å². The number of nitrogens with one attached hydrogen (secondary N) is 1. The van der Waals surface area contributed by atoms with E-state index in [0.29, 0.717) is 18.5 Å². The Morgan fingerprint density at radius 1 is 1.39 bits per heavy atom. The van der Waals surface area contributed by atoms with E-state index in [0.717, 1.165) is 17.3 Å². The average Bonchev–Trinajstić information content (AvgIpc) is 2.43. The van der Waals surface area contributed by atoms with Gasteiger partial charge in [-0.05, 0) is 30.7 Å². The molecule has 0 aliphatic carbocycles. The van der Waals surface area contributed by atoms with Gasteiger partial charge in [-0.15, -0.1) is 12.3 Å². The summed E-state index contributed by atoms with van der Waals surface area (Å²) in [5, 5.41) is 3.81. The van der Waals surface area contributed by atoms with Gasteiger partial charge in [0.1, 0.15) is 0 Å². The van der Waals surface area contributed by atoms with Gasteiger partial charge in [-0.25, -0.2) is 0 Å². The minimum atomic E-state index is -0.0715. The largest absolute Gasteiger partial charge is 0.352 e. The zero-order valence-corrected chi connectivity index (χ0v) is 10.0. The lowest BCUT2D eigenvalue weighted by molar-refractivity contribution is 0.0953. The van der Waals surface area contributed by atoms with Crippen LogP contribution in [0, 0.1) is 12.3 Å². The number of hydrogen-bond donors (Lipinski definition) is 1. The van der Waals surface area contributed by atoms with Crippen LogP contribution in [0.2, 0.25) is 0 Å². The van der Waals surface area contributed by atoms with Crippen molar-refractivity contribution < 1.29 is 4.79 Å². The molecule has 1 amide bonds. The van der Waals surface area contributed by atoms with Crippen LogP contribution in [0.15, 0.2) is 36.5 Å². The summed E-state index contributed by atoms with van der Waals surface area (Å²) in [4.78, 5) is 16.1. The van der Waals surface area contributed by atoms with Crippen molar-refractivity contribution in [2.24, 2.45) is 0 Å². The SMILES string of the molecule is C#CCCCNC(=O)c1ccc2ncccc2c1. The minimum Gasteiger partial charge on any atom is -0.352 e. The molecule has 3 nitrogen and oxygen atoms in total. The lowest BCUT2D eigenvalue weighted by Crippen LogP contribution is -2.24. The van der Waals surface area contributed by atoms with Crippen LogP contribution in [-0.4, -0.2) is 17.4 Å². The summed E-state index contributed by atoms with van der Waals surface area (Å²) in [5.74, 6) is 2.47. The van der Waals surface area contributed by atoms with Gasteiger partial charge < -0.3 is 5.32 Å². The number of carbonyl (C=O) groups excluding carboxylic acids is 1. The van der Waals surface area contributed by atoms with Crippen LogP contribution in [0.25, 0.3) is 10.9 Å². The van der Waals surface area contributed by atoms with Crippen molar-refractivity contribution in [2.75, 3.05) is 6.54 Å². The monoisotopic (exact) mass is 238 g/mol. The second-order valence-corrected chi connectivity index (χ2v) is 3.97. The smallest absolute Gasteiger partial charge is 0.251 e. The second kappa shape index (κ2) is 5.83. The molecule has 2 aromatic rings. The Hall–Kier alpha value is -2.34. The van der Waals surface area contributed by atoms with Gasteiger partial charge in [0.2, 0.25) is 0 Å². The lowest BCUT2D eigenvalue weighted by atomic mass is 10.1. The molecule has 1 aromatic carbocycles. The van der Waals surface area contributed by atoms with Crippen molar-refractivity contribution in [2.45, 2.75) is 12.8 Å². The quantitative estimate of drug-likeness (QED) is 0.656. The molecule has 0 aliphatic rings. The van der Waals surface area contributed by atoms with Gasteiger partial charge in [-0.1, -0.05) is 6.07 Å². The summed E-state index contributed by atoms with van der Waals surface area (Å²) in [6.45, 7) is 0.605. The molecule has 2 rings (SSSR count). The van der Waals surface area contributed by atoms with E-state index in [1.165, 1.54) is 0 Å². The number of unbranched alkanes of at least 4 members (excludes halogenated alkanes) is 1. The number of hydrogen-bond acceptors (Lipinski definition) is 2. The first kappa shape index (κ1) is 12.1. The van der Waals surface area contributed by atoms with E-state index >= 15 is 0 Å². The maximum absolute atomic E-state index is 11.9. The van der Waals surface area contributed by atoms with Crippen LogP contribution in [0.5, 0.6) is 0 Å². The van der Waals surface area contributed by atoms with Crippen LogP contribution >= 0.6 is 0 Å². The van der Waals surface area contributed by atoms with Crippen molar-refractivity contribution in [3.8, 4) is 12.3 Å². The Morgan fingerprint density at radius 2 is 2.28 bits per heavy atom. The molecule has 0 spiro atoms. The van der Waals surface area contributed by atoms with Gasteiger partial charge in [-0.3, -0.25) is 9.78 Å². The maximum Gasteiger partial charge on any atom is 0.251 e. The van der Waals surface area contributed by atoms with E-state index in [4.69, 9.17) is 6.42 Å². The molecule has 0 unspecified atom stereocenters. The molecule has 1 N–H and O–H groups in total. The third kappa shape index (κ3) is 2.86. The minimum absolute atomic E-state index is 0.0715. The van der Waals surface area contributed by atoms with Gasteiger partial charge in [0.15, 0.2) is 0 Å². The Balaban J connectivity index is 2.06. The molecule has 0 atom stereocenters. The molecule has 18 heavy (non-hydrogen) atoms. The standard InChI is InChI=1S/C15H14N2O/c1-2-3-4-9-17-15(18)13-7-8-14-12(11-13)6-5-10-16-14/h1,5-8,10-11H,3-4,9H2,(H,17,18). The number of aromatic nitrogens is 1. The van der Waals surface area contributed by atoms with Gasteiger partial charge in [0.05, 0.1) is 5.52 Å². The van der Waals surface area contributed by atoms with Crippen LogP contribution in [-0.2, 0) is 0 Å². The predicted molar refractivity (Wildman–Crippen MR) is 72.1 cm³/mol. The maximum atomic E-state index is 11.9.